The third-order valence-corrected chi connectivity index (χ3v) is 4.62. The Kier molecular flexibility index (Phi) is 5.01. The molecule has 0 aliphatic carbocycles. The molecule has 0 radical (unpaired) electrons. The first kappa shape index (κ1) is 20.0. The highest BCUT2D eigenvalue weighted by Gasteiger charge is 2.45. The lowest BCUT2D eigenvalue weighted by molar-refractivity contribution is -0.138. The van der Waals surface area contributed by atoms with E-state index in [4.69, 9.17) is 16.3 Å². The van der Waals surface area contributed by atoms with Crippen LogP contribution in [0.4, 0.5) is 23.7 Å². The molecule has 0 unspecified atom stereocenters. The predicted molar refractivity (Wildman–Crippen MR) is 97.3 cm³/mol. The van der Waals surface area contributed by atoms with Gasteiger partial charge in [0.05, 0.1) is 11.3 Å². The molecule has 3 amide bonds. The van der Waals surface area contributed by atoms with Crippen LogP contribution >= 0.6 is 11.6 Å². The van der Waals surface area contributed by atoms with Crippen molar-refractivity contribution in [3.05, 3.63) is 58.6 Å². The second-order valence-corrected chi connectivity index (χ2v) is 7.15. The number of imide groups is 1. The van der Waals surface area contributed by atoms with Crippen LogP contribution in [-0.4, -0.2) is 17.5 Å². The molecule has 0 aromatic heterocycles. The van der Waals surface area contributed by atoms with E-state index in [0.29, 0.717) is 5.69 Å². The van der Waals surface area contributed by atoms with Gasteiger partial charge in [0.1, 0.15) is 17.9 Å². The van der Waals surface area contributed by atoms with E-state index >= 15 is 0 Å². The van der Waals surface area contributed by atoms with E-state index in [2.05, 4.69) is 5.32 Å². The van der Waals surface area contributed by atoms with E-state index in [1.54, 1.807) is 13.8 Å². The number of hydrogen-bond donors (Lipinski definition) is 1. The number of rotatable bonds is 4. The number of carbonyl (C=O) groups excluding carboxylic acids is 2. The highest BCUT2D eigenvalue weighted by molar-refractivity contribution is 6.31. The summed E-state index contributed by atoms with van der Waals surface area (Å²) in [5, 5.41) is 2.52. The van der Waals surface area contributed by atoms with Gasteiger partial charge in [-0.1, -0.05) is 17.7 Å². The summed E-state index contributed by atoms with van der Waals surface area (Å²) in [7, 11) is 0. The second-order valence-electron chi connectivity index (χ2n) is 6.74. The van der Waals surface area contributed by atoms with Crippen LogP contribution in [0.2, 0.25) is 5.02 Å². The van der Waals surface area contributed by atoms with Gasteiger partial charge in [0.15, 0.2) is 0 Å². The van der Waals surface area contributed by atoms with Gasteiger partial charge in [0.25, 0.3) is 5.91 Å². The summed E-state index contributed by atoms with van der Waals surface area (Å²) < 4.78 is 44.8. The van der Waals surface area contributed by atoms with Gasteiger partial charge in [-0.25, -0.2) is 9.69 Å². The quantitative estimate of drug-likeness (QED) is 0.736. The van der Waals surface area contributed by atoms with Crippen molar-refractivity contribution in [3.8, 4) is 5.75 Å². The van der Waals surface area contributed by atoms with Crippen LogP contribution in [0.15, 0.2) is 42.5 Å². The summed E-state index contributed by atoms with van der Waals surface area (Å²) in [5.41, 5.74) is -1.71. The van der Waals surface area contributed by atoms with Crippen molar-refractivity contribution < 1.29 is 27.5 Å². The standard InChI is InChI=1S/C19H16ClF3N2O3/c1-18(2)16(26)25(17(27)24-18)11-6-8-12(9-7-11)28-10-13-14(19(21,22)23)4-3-5-15(13)20/h3-9H,10H2,1-2H3,(H,24,27). The maximum atomic E-state index is 13.1. The molecule has 0 bridgehead atoms. The molecule has 2 aromatic rings. The minimum Gasteiger partial charge on any atom is -0.489 e. The van der Waals surface area contributed by atoms with Crippen LogP contribution in [0, 0.1) is 0 Å². The molecule has 1 N–H and O–H groups in total. The number of benzene rings is 2. The molecule has 3 rings (SSSR count). The molecule has 0 spiro atoms. The molecule has 1 saturated heterocycles. The normalized spacial score (nSPS) is 16.3. The minimum atomic E-state index is -4.55. The number of urea groups is 1. The van der Waals surface area contributed by atoms with Crippen LogP contribution in [0.25, 0.3) is 0 Å². The molecule has 1 aliphatic rings. The third kappa shape index (κ3) is 3.77. The van der Waals surface area contributed by atoms with Gasteiger partial charge in [-0.15, -0.1) is 0 Å². The fraction of sp³-hybridized carbons (Fsp3) is 0.263. The highest BCUT2D eigenvalue weighted by atomic mass is 35.5. The molecule has 1 aliphatic heterocycles. The van der Waals surface area contributed by atoms with Crippen molar-refractivity contribution in [3.63, 3.8) is 0 Å². The van der Waals surface area contributed by atoms with Crippen molar-refractivity contribution in [1.82, 2.24) is 5.32 Å². The van der Waals surface area contributed by atoms with Crippen molar-refractivity contribution in [2.24, 2.45) is 0 Å². The first-order valence-corrected chi connectivity index (χ1v) is 8.62. The van der Waals surface area contributed by atoms with E-state index in [1.807, 2.05) is 0 Å². The summed E-state index contributed by atoms with van der Waals surface area (Å²) in [4.78, 5) is 25.3. The van der Waals surface area contributed by atoms with Gasteiger partial charge in [-0.2, -0.15) is 13.2 Å². The molecular formula is C19H16ClF3N2O3. The summed E-state index contributed by atoms with van der Waals surface area (Å²) in [6, 6.07) is 8.86. The molecule has 0 saturated carbocycles. The number of nitrogens with zero attached hydrogens (tertiary/aromatic N) is 1. The lowest BCUT2D eigenvalue weighted by atomic mass is 10.1. The van der Waals surface area contributed by atoms with Gasteiger partial charge in [0.2, 0.25) is 0 Å². The maximum absolute atomic E-state index is 13.1. The van der Waals surface area contributed by atoms with Gasteiger partial charge < -0.3 is 10.1 Å². The van der Waals surface area contributed by atoms with Crippen LogP contribution in [0.3, 0.4) is 0 Å². The predicted octanol–water partition coefficient (Wildman–Crippen LogP) is 4.77. The number of ether oxygens (including phenoxy) is 1. The van der Waals surface area contributed by atoms with Crippen molar-refractivity contribution >= 4 is 29.2 Å². The average molecular weight is 413 g/mol. The Balaban J connectivity index is 1.77. The van der Waals surface area contributed by atoms with Gasteiger partial charge in [-0.3, -0.25) is 4.79 Å². The van der Waals surface area contributed by atoms with Crippen molar-refractivity contribution in [2.75, 3.05) is 4.90 Å². The van der Waals surface area contributed by atoms with Gasteiger partial charge in [-0.05, 0) is 50.2 Å². The highest BCUT2D eigenvalue weighted by Crippen LogP contribution is 2.35. The Morgan fingerprint density at radius 2 is 1.75 bits per heavy atom. The van der Waals surface area contributed by atoms with Gasteiger partial charge >= 0.3 is 12.2 Å². The number of alkyl halides is 3. The number of halogens is 4. The number of carbonyl (C=O) groups is 2. The first-order valence-electron chi connectivity index (χ1n) is 8.25. The van der Waals surface area contributed by atoms with E-state index in [1.165, 1.54) is 36.4 Å². The number of nitrogens with one attached hydrogen (secondary N) is 1. The largest absolute Gasteiger partial charge is 0.489 e. The number of hydrogen-bond acceptors (Lipinski definition) is 3. The van der Waals surface area contributed by atoms with E-state index in [0.717, 1.165) is 11.0 Å². The average Bonchev–Trinajstić information content (AvgIpc) is 2.81. The molecule has 9 heteroatoms. The topological polar surface area (TPSA) is 58.6 Å². The third-order valence-electron chi connectivity index (χ3n) is 4.26. The van der Waals surface area contributed by atoms with Crippen molar-refractivity contribution in [1.29, 1.82) is 0 Å². The summed E-state index contributed by atoms with van der Waals surface area (Å²) >= 11 is 5.90. The molecule has 1 fully saturated rings. The Labute approximate surface area is 164 Å². The molecule has 0 atom stereocenters. The van der Waals surface area contributed by atoms with Crippen LogP contribution < -0.4 is 15.0 Å². The van der Waals surface area contributed by atoms with Crippen molar-refractivity contribution in [2.45, 2.75) is 32.2 Å². The zero-order valence-electron chi connectivity index (χ0n) is 14.9. The van der Waals surface area contributed by atoms with Crippen LogP contribution in [0.5, 0.6) is 5.75 Å². The zero-order valence-corrected chi connectivity index (χ0v) is 15.7. The van der Waals surface area contributed by atoms with Gasteiger partial charge in [0, 0.05) is 10.6 Å². The lowest BCUT2D eigenvalue weighted by Crippen LogP contribution is -2.40. The monoisotopic (exact) mass is 412 g/mol. The van der Waals surface area contributed by atoms with E-state index < -0.39 is 29.2 Å². The Hall–Kier alpha value is -2.74. The molecular weight excluding hydrogens is 397 g/mol. The van der Waals surface area contributed by atoms with E-state index in [9.17, 15) is 22.8 Å². The second kappa shape index (κ2) is 7.01. The Morgan fingerprint density at radius 3 is 2.29 bits per heavy atom. The molecule has 148 valence electrons. The van der Waals surface area contributed by atoms with E-state index in [-0.39, 0.29) is 22.9 Å². The molecule has 1 heterocycles. The maximum Gasteiger partial charge on any atom is 0.416 e. The summed E-state index contributed by atoms with van der Waals surface area (Å²) in [5.74, 6) is -0.139. The number of amides is 3. The lowest BCUT2D eigenvalue weighted by Gasteiger charge is -2.17. The van der Waals surface area contributed by atoms with Crippen LogP contribution in [0.1, 0.15) is 25.0 Å². The first-order chi connectivity index (χ1) is 13.0. The fourth-order valence-corrected chi connectivity index (χ4v) is 3.03. The smallest absolute Gasteiger partial charge is 0.416 e. The number of anilines is 1. The zero-order chi connectivity index (χ0) is 20.7. The molecule has 2 aromatic carbocycles. The summed E-state index contributed by atoms with van der Waals surface area (Å²) in [6.07, 6.45) is -4.55. The Morgan fingerprint density at radius 1 is 1.11 bits per heavy atom. The Bertz CT molecular complexity index is 927. The fourth-order valence-electron chi connectivity index (χ4n) is 2.80. The summed E-state index contributed by atoms with van der Waals surface area (Å²) in [6.45, 7) is 2.79. The minimum absolute atomic E-state index is 0.0481. The molecule has 5 nitrogen and oxygen atoms in total. The molecule has 28 heavy (non-hydrogen) atoms. The SMILES string of the molecule is CC1(C)NC(=O)N(c2ccc(OCc3c(Cl)cccc3C(F)(F)F)cc2)C1=O. The van der Waals surface area contributed by atoms with Crippen LogP contribution in [-0.2, 0) is 17.6 Å².